The summed E-state index contributed by atoms with van der Waals surface area (Å²) < 4.78 is 13.9. The molecule has 1 aliphatic heterocycles. The van der Waals surface area contributed by atoms with E-state index in [-0.39, 0.29) is 0 Å². The molecule has 2 heterocycles. The lowest BCUT2D eigenvalue weighted by atomic mass is 9.97. The molecule has 1 aromatic heterocycles. The van der Waals surface area contributed by atoms with Gasteiger partial charge < -0.3 is 4.98 Å². The molecule has 0 bridgehead atoms. The topological polar surface area (TPSA) is 19.0 Å². The summed E-state index contributed by atoms with van der Waals surface area (Å²) >= 11 is 0. The van der Waals surface area contributed by atoms with E-state index in [2.05, 4.69) is 29.5 Å². The second kappa shape index (κ2) is 9.03. The number of hydrogen-bond donors (Lipinski definition) is 1. The summed E-state index contributed by atoms with van der Waals surface area (Å²) in [6.45, 7) is 16.8. The Morgan fingerprint density at radius 2 is 1.88 bits per heavy atom. The Morgan fingerprint density at radius 1 is 1.25 bits per heavy atom. The van der Waals surface area contributed by atoms with Gasteiger partial charge in [-0.15, -0.1) is 0 Å². The lowest BCUT2D eigenvalue weighted by Gasteiger charge is -2.36. The number of allylic oxidation sites excluding steroid dienone is 4. The largest absolute Gasteiger partial charge is 0.358 e. The molecule has 1 aliphatic rings. The number of aromatic nitrogens is 1. The van der Waals surface area contributed by atoms with Gasteiger partial charge in [0.2, 0.25) is 0 Å². The molecule has 1 N–H and O–H groups in total. The first-order valence-corrected chi connectivity index (χ1v) is 8.75. The molecule has 2 nitrogen and oxygen atoms in total. The van der Waals surface area contributed by atoms with Crippen LogP contribution >= 0.6 is 0 Å². The molecule has 1 unspecified atom stereocenters. The standard InChI is InChI=1S/C17H25FN2.C4H8/c1-6-7-8-14-13(3)19-16-10-20(11-17(4,5)18)12(2)9-15(14)16;1-3-4-2/h6-8,12,19H,3,9-11H2,1-2,4-5H3;3-4H,1-2H3/b7-6-,14-8+;4-3-. The zero-order valence-corrected chi connectivity index (χ0v) is 16.1. The van der Waals surface area contributed by atoms with Gasteiger partial charge >= 0.3 is 0 Å². The molecule has 134 valence electrons. The average molecular weight is 333 g/mol. The number of aromatic amines is 1. The van der Waals surface area contributed by atoms with Crippen molar-refractivity contribution in [2.75, 3.05) is 6.54 Å². The predicted molar refractivity (Wildman–Crippen MR) is 104 cm³/mol. The van der Waals surface area contributed by atoms with E-state index in [0.717, 1.165) is 18.3 Å². The highest BCUT2D eigenvalue weighted by atomic mass is 19.1. The SMILES string of the molecule is C/C=C\C.C=c1[nH]c2c(/c1=C/C=C\C)CC(C)N(CC(C)(C)F)C2. The summed E-state index contributed by atoms with van der Waals surface area (Å²) in [4.78, 5) is 5.58. The Labute approximate surface area is 146 Å². The van der Waals surface area contributed by atoms with E-state index in [1.54, 1.807) is 13.8 Å². The van der Waals surface area contributed by atoms with Crippen molar-refractivity contribution in [2.24, 2.45) is 0 Å². The Bertz CT molecular complexity index is 670. The molecule has 0 fully saturated rings. The van der Waals surface area contributed by atoms with Crippen molar-refractivity contribution in [3.05, 3.63) is 46.1 Å². The summed E-state index contributed by atoms with van der Waals surface area (Å²) in [5, 5.41) is 2.16. The molecule has 0 amide bonds. The van der Waals surface area contributed by atoms with E-state index in [0.29, 0.717) is 12.6 Å². The van der Waals surface area contributed by atoms with Crippen molar-refractivity contribution in [3.63, 3.8) is 0 Å². The smallest absolute Gasteiger partial charge is 0.118 e. The van der Waals surface area contributed by atoms with Crippen LogP contribution in [0.3, 0.4) is 0 Å². The maximum Gasteiger partial charge on any atom is 0.118 e. The maximum absolute atomic E-state index is 13.9. The summed E-state index contributed by atoms with van der Waals surface area (Å²) in [6.07, 6.45) is 11.1. The van der Waals surface area contributed by atoms with Gasteiger partial charge in [-0.2, -0.15) is 0 Å². The van der Waals surface area contributed by atoms with Crippen molar-refractivity contribution in [1.82, 2.24) is 9.88 Å². The second-order valence-corrected chi connectivity index (χ2v) is 7.01. The molecule has 0 aliphatic carbocycles. The highest BCUT2D eigenvalue weighted by molar-refractivity contribution is 5.43. The minimum Gasteiger partial charge on any atom is -0.358 e. The number of halogens is 1. The van der Waals surface area contributed by atoms with Crippen LogP contribution < -0.4 is 10.6 Å². The number of H-pyrrole nitrogens is 1. The van der Waals surface area contributed by atoms with Crippen LogP contribution in [0.15, 0.2) is 24.3 Å². The fraction of sp³-hybridized carbons (Fsp3) is 0.524. The molecular weight excluding hydrogens is 299 g/mol. The molecule has 3 heteroatoms. The van der Waals surface area contributed by atoms with E-state index in [4.69, 9.17) is 0 Å². The molecule has 0 aromatic carbocycles. The minimum atomic E-state index is -1.16. The Hall–Kier alpha value is -1.61. The summed E-state index contributed by atoms with van der Waals surface area (Å²) in [6, 6.07) is 0.352. The van der Waals surface area contributed by atoms with Gasteiger partial charge in [0.1, 0.15) is 5.67 Å². The van der Waals surface area contributed by atoms with Crippen molar-refractivity contribution >= 4 is 12.7 Å². The third kappa shape index (κ3) is 5.79. The summed E-state index contributed by atoms with van der Waals surface area (Å²) in [5.74, 6) is 0. The second-order valence-electron chi connectivity index (χ2n) is 7.01. The van der Waals surface area contributed by atoms with E-state index in [1.165, 1.54) is 16.5 Å². The predicted octanol–water partition coefficient (Wildman–Crippen LogP) is 3.86. The first-order valence-electron chi connectivity index (χ1n) is 8.75. The zero-order chi connectivity index (χ0) is 18.3. The van der Waals surface area contributed by atoms with Crippen LogP contribution in [-0.4, -0.2) is 28.1 Å². The number of nitrogens with zero attached hydrogens (tertiary/aromatic N) is 1. The number of nitrogens with one attached hydrogen (secondary N) is 1. The van der Waals surface area contributed by atoms with Crippen molar-refractivity contribution < 1.29 is 4.39 Å². The number of fused-ring (bicyclic) bond motifs is 1. The van der Waals surface area contributed by atoms with Crippen molar-refractivity contribution in [1.29, 1.82) is 0 Å². The fourth-order valence-electron chi connectivity index (χ4n) is 2.91. The minimum absolute atomic E-state index is 0.352. The van der Waals surface area contributed by atoms with Crippen LogP contribution in [-0.2, 0) is 13.0 Å². The summed E-state index contributed by atoms with van der Waals surface area (Å²) in [5.41, 5.74) is 1.37. The molecular formula is C21H33FN2. The maximum atomic E-state index is 13.9. The van der Waals surface area contributed by atoms with Gasteiger partial charge in [-0.1, -0.05) is 37.0 Å². The Balaban J connectivity index is 0.000000648. The van der Waals surface area contributed by atoms with E-state index >= 15 is 0 Å². The van der Waals surface area contributed by atoms with Gasteiger partial charge in [0.15, 0.2) is 0 Å². The van der Waals surface area contributed by atoms with Crippen LogP contribution in [0.4, 0.5) is 4.39 Å². The van der Waals surface area contributed by atoms with Crippen LogP contribution in [0.25, 0.3) is 12.7 Å². The number of alkyl halides is 1. The molecule has 24 heavy (non-hydrogen) atoms. The highest BCUT2D eigenvalue weighted by Crippen LogP contribution is 2.22. The fourth-order valence-corrected chi connectivity index (χ4v) is 2.91. The molecule has 1 atom stereocenters. The van der Waals surface area contributed by atoms with Crippen LogP contribution in [0, 0.1) is 0 Å². The molecule has 0 saturated carbocycles. The Kier molecular flexibility index (Phi) is 7.68. The van der Waals surface area contributed by atoms with E-state index in [9.17, 15) is 4.39 Å². The van der Waals surface area contributed by atoms with Crippen molar-refractivity contribution in [3.8, 4) is 0 Å². The molecule has 0 radical (unpaired) electrons. The quantitative estimate of drug-likeness (QED) is 0.833. The third-order valence-electron chi connectivity index (χ3n) is 4.17. The molecule has 0 saturated heterocycles. The van der Waals surface area contributed by atoms with Gasteiger partial charge in [0.05, 0.1) is 0 Å². The van der Waals surface area contributed by atoms with E-state index < -0.39 is 5.67 Å². The first kappa shape index (κ1) is 20.4. The molecule has 0 spiro atoms. The average Bonchev–Trinajstić information content (AvgIpc) is 2.79. The Morgan fingerprint density at radius 3 is 2.38 bits per heavy atom. The summed E-state index contributed by atoms with van der Waals surface area (Å²) in [7, 11) is 0. The van der Waals surface area contributed by atoms with Gasteiger partial charge in [-0.05, 0) is 53.5 Å². The van der Waals surface area contributed by atoms with Crippen LogP contribution in [0.2, 0.25) is 0 Å². The van der Waals surface area contributed by atoms with Crippen LogP contribution in [0.1, 0.15) is 52.8 Å². The van der Waals surface area contributed by atoms with Crippen molar-refractivity contribution in [2.45, 2.75) is 66.2 Å². The van der Waals surface area contributed by atoms with Gasteiger partial charge in [0.25, 0.3) is 0 Å². The third-order valence-corrected chi connectivity index (χ3v) is 4.17. The highest BCUT2D eigenvalue weighted by Gasteiger charge is 2.29. The molecule has 2 rings (SSSR count). The van der Waals surface area contributed by atoms with Gasteiger partial charge in [-0.3, -0.25) is 4.90 Å². The number of rotatable bonds is 3. The first-order chi connectivity index (χ1) is 11.2. The lowest BCUT2D eigenvalue weighted by Crippen LogP contribution is -2.45. The normalized spacial score (nSPS) is 19.6. The molecule has 1 aromatic rings. The van der Waals surface area contributed by atoms with Gasteiger partial charge in [0, 0.05) is 35.4 Å². The number of hydrogen-bond acceptors (Lipinski definition) is 1. The zero-order valence-electron chi connectivity index (χ0n) is 16.1. The van der Waals surface area contributed by atoms with E-state index in [1.807, 2.05) is 45.1 Å². The van der Waals surface area contributed by atoms with Gasteiger partial charge in [-0.25, -0.2) is 4.39 Å². The monoisotopic (exact) mass is 332 g/mol. The van der Waals surface area contributed by atoms with Crippen LogP contribution in [0.5, 0.6) is 0 Å². The lowest BCUT2D eigenvalue weighted by molar-refractivity contribution is 0.0849.